The molecule has 0 radical (unpaired) electrons. The van der Waals surface area contributed by atoms with E-state index >= 15 is 0 Å². The van der Waals surface area contributed by atoms with Crippen LogP contribution in [0.2, 0.25) is 0 Å². The minimum Gasteiger partial charge on any atom is -0.303 e. The zero-order valence-electron chi connectivity index (χ0n) is 7.23. The molecule has 3 nitrogen and oxygen atoms in total. The predicted octanol–water partition coefficient (Wildman–Crippen LogP) is 1.47. The first-order chi connectivity index (χ1) is 6.36. The largest absolute Gasteiger partial charge is 0.303 e. The van der Waals surface area contributed by atoms with E-state index in [-0.39, 0.29) is 0 Å². The molecule has 0 aromatic carbocycles. The molecule has 0 atom stereocenters. The fourth-order valence-electron chi connectivity index (χ4n) is 1.08. The second-order valence-electron chi connectivity index (χ2n) is 2.72. The van der Waals surface area contributed by atoms with E-state index in [1.165, 1.54) is 0 Å². The van der Waals surface area contributed by atoms with Crippen molar-refractivity contribution >= 4 is 6.29 Å². The zero-order valence-corrected chi connectivity index (χ0v) is 7.23. The van der Waals surface area contributed by atoms with Gasteiger partial charge in [0.15, 0.2) is 0 Å². The number of rotatable bonds is 4. The SMILES string of the molecule is N#Cc1cc(CCCC=O)ccn1. The Labute approximate surface area is 77.0 Å². The maximum atomic E-state index is 10.1. The van der Waals surface area contributed by atoms with E-state index in [1.54, 1.807) is 12.3 Å². The average molecular weight is 174 g/mol. The smallest absolute Gasteiger partial charge is 0.140 e. The number of carbonyl (C=O) groups excluding carboxylic acids is 1. The lowest BCUT2D eigenvalue weighted by atomic mass is 10.1. The molecule has 1 aromatic rings. The fourth-order valence-corrected chi connectivity index (χ4v) is 1.08. The summed E-state index contributed by atoms with van der Waals surface area (Å²) in [6, 6.07) is 5.60. The van der Waals surface area contributed by atoms with Crippen molar-refractivity contribution in [2.24, 2.45) is 0 Å². The fraction of sp³-hybridized carbons (Fsp3) is 0.300. The van der Waals surface area contributed by atoms with Crippen molar-refractivity contribution in [1.82, 2.24) is 4.98 Å². The van der Waals surface area contributed by atoms with Crippen molar-refractivity contribution in [3.05, 3.63) is 29.6 Å². The summed E-state index contributed by atoms with van der Waals surface area (Å²) in [5, 5.41) is 8.56. The Bertz CT molecular complexity index is 328. The van der Waals surface area contributed by atoms with Crippen LogP contribution in [0.15, 0.2) is 18.3 Å². The lowest BCUT2D eigenvalue weighted by Crippen LogP contribution is -1.89. The first kappa shape index (κ1) is 9.40. The Morgan fingerprint density at radius 2 is 2.46 bits per heavy atom. The van der Waals surface area contributed by atoms with E-state index in [4.69, 9.17) is 5.26 Å². The van der Waals surface area contributed by atoms with Gasteiger partial charge in [0.2, 0.25) is 0 Å². The number of carbonyl (C=O) groups is 1. The molecule has 0 amide bonds. The van der Waals surface area contributed by atoms with Crippen LogP contribution in [0.1, 0.15) is 24.1 Å². The highest BCUT2D eigenvalue weighted by Gasteiger charge is 1.95. The number of nitriles is 1. The lowest BCUT2D eigenvalue weighted by molar-refractivity contribution is -0.107. The maximum Gasteiger partial charge on any atom is 0.140 e. The number of unbranched alkanes of at least 4 members (excludes halogenated alkanes) is 1. The van der Waals surface area contributed by atoms with Crippen molar-refractivity contribution < 1.29 is 4.79 Å². The summed E-state index contributed by atoms with van der Waals surface area (Å²) in [4.78, 5) is 13.9. The molecular formula is C10H10N2O. The molecule has 0 unspecified atom stereocenters. The van der Waals surface area contributed by atoms with Gasteiger partial charge in [-0.1, -0.05) is 0 Å². The van der Waals surface area contributed by atoms with Crippen LogP contribution in [-0.2, 0) is 11.2 Å². The highest BCUT2D eigenvalue weighted by molar-refractivity contribution is 5.49. The predicted molar refractivity (Wildman–Crippen MR) is 48.0 cm³/mol. The number of aryl methyl sites for hydroxylation is 1. The molecule has 0 N–H and O–H groups in total. The van der Waals surface area contributed by atoms with E-state index in [9.17, 15) is 4.79 Å². The third kappa shape index (κ3) is 3.04. The Hall–Kier alpha value is -1.69. The van der Waals surface area contributed by atoms with E-state index in [0.29, 0.717) is 12.1 Å². The van der Waals surface area contributed by atoms with Gasteiger partial charge in [-0.15, -0.1) is 0 Å². The summed E-state index contributed by atoms with van der Waals surface area (Å²) in [5.41, 5.74) is 1.50. The van der Waals surface area contributed by atoms with Gasteiger partial charge >= 0.3 is 0 Å². The molecule has 0 aliphatic heterocycles. The lowest BCUT2D eigenvalue weighted by Gasteiger charge is -1.97. The molecule has 0 spiro atoms. The number of aromatic nitrogens is 1. The van der Waals surface area contributed by atoms with Gasteiger partial charge in [-0.3, -0.25) is 0 Å². The van der Waals surface area contributed by atoms with Crippen molar-refractivity contribution in [3.8, 4) is 6.07 Å². The second kappa shape index (κ2) is 5.04. The Balaban J connectivity index is 2.57. The standard InChI is InChI=1S/C10H10N2O/c11-8-10-7-9(4-5-12-10)3-1-2-6-13/h4-7H,1-3H2. The van der Waals surface area contributed by atoms with Crippen LogP contribution < -0.4 is 0 Å². The van der Waals surface area contributed by atoms with Gasteiger partial charge in [0.05, 0.1) is 0 Å². The summed E-state index contributed by atoms with van der Waals surface area (Å²) < 4.78 is 0. The average Bonchev–Trinajstić information content (AvgIpc) is 2.19. The van der Waals surface area contributed by atoms with Crippen LogP contribution in [0.3, 0.4) is 0 Å². The topological polar surface area (TPSA) is 53.8 Å². The molecule has 0 saturated heterocycles. The highest BCUT2D eigenvalue weighted by atomic mass is 16.1. The summed E-state index contributed by atoms with van der Waals surface area (Å²) in [7, 11) is 0. The van der Waals surface area contributed by atoms with Crippen molar-refractivity contribution in [3.63, 3.8) is 0 Å². The van der Waals surface area contributed by atoms with Crippen molar-refractivity contribution in [1.29, 1.82) is 5.26 Å². The molecule has 1 heterocycles. The number of hydrogen-bond acceptors (Lipinski definition) is 3. The van der Waals surface area contributed by atoms with Crippen LogP contribution in [0, 0.1) is 11.3 Å². The molecule has 0 aliphatic carbocycles. The Morgan fingerprint density at radius 1 is 1.62 bits per heavy atom. The molecule has 0 aliphatic rings. The summed E-state index contributed by atoms with van der Waals surface area (Å²) in [6.45, 7) is 0. The normalized spacial score (nSPS) is 9.15. The zero-order chi connectivity index (χ0) is 9.52. The molecule has 13 heavy (non-hydrogen) atoms. The van der Waals surface area contributed by atoms with Crippen LogP contribution in [0.5, 0.6) is 0 Å². The Morgan fingerprint density at radius 3 is 3.15 bits per heavy atom. The minimum atomic E-state index is 0.434. The number of nitrogens with zero attached hydrogens (tertiary/aromatic N) is 2. The molecule has 0 bridgehead atoms. The minimum absolute atomic E-state index is 0.434. The van der Waals surface area contributed by atoms with Crippen molar-refractivity contribution in [2.45, 2.75) is 19.3 Å². The molecule has 0 fully saturated rings. The quantitative estimate of drug-likeness (QED) is 0.513. The van der Waals surface area contributed by atoms with E-state index in [2.05, 4.69) is 4.98 Å². The third-order valence-electron chi connectivity index (χ3n) is 1.73. The van der Waals surface area contributed by atoms with E-state index in [0.717, 1.165) is 24.7 Å². The number of pyridine rings is 1. The Kier molecular flexibility index (Phi) is 3.65. The third-order valence-corrected chi connectivity index (χ3v) is 1.73. The first-order valence-corrected chi connectivity index (χ1v) is 4.15. The molecule has 0 saturated carbocycles. The maximum absolute atomic E-state index is 10.1. The molecule has 3 heteroatoms. The monoisotopic (exact) mass is 174 g/mol. The molecule has 1 rings (SSSR count). The molecule has 1 aromatic heterocycles. The van der Waals surface area contributed by atoms with Gasteiger partial charge in [-0.25, -0.2) is 4.98 Å². The summed E-state index contributed by atoms with van der Waals surface area (Å²) in [5.74, 6) is 0. The first-order valence-electron chi connectivity index (χ1n) is 4.15. The van der Waals surface area contributed by atoms with Crippen molar-refractivity contribution in [2.75, 3.05) is 0 Å². The van der Waals surface area contributed by atoms with Crippen LogP contribution >= 0.6 is 0 Å². The number of aldehydes is 1. The molecular weight excluding hydrogens is 164 g/mol. The van der Waals surface area contributed by atoms with E-state index in [1.807, 2.05) is 12.1 Å². The van der Waals surface area contributed by atoms with Gasteiger partial charge in [-0.2, -0.15) is 5.26 Å². The number of hydrogen-bond donors (Lipinski definition) is 0. The van der Waals surface area contributed by atoms with Gasteiger partial charge in [-0.05, 0) is 30.5 Å². The summed E-state index contributed by atoms with van der Waals surface area (Å²) >= 11 is 0. The van der Waals surface area contributed by atoms with Crippen LogP contribution in [0.25, 0.3) is 0 Å². The van der Waals surface area contributed by atoms with Gasteiger partial charge in [0, 0.05) is 12.6 Å². The van der Waals surface area contributed by atoms with Gasteiger partial charge in [0.1, 0.15) is 18.0 Å². The van der Waals surface area contributed by atoms with Gasteiger partial charge in [0.25, 0.3) is 0 Å². The van der Waals surface area contributed by atoms with Crippen LogP contribution in [0.4, 0.5) is 0 Å². The highest BCUT2D eigenvalue weighted by Crippen LogP contribution is 2.04. The summed E-state index contributed by atoms with van der Waals surface area (Å²) in [6.07, 6.45) is 4.76. The molecule has 66 valence electrons. The van der Waals surface area contributed by atoms with Crippen LogP contribution in [-0.4, -0.2) is 11.3 Å². The van der Waals surface area contributed by atoms with E-state index < -0.39 is 0 Å². The van der Waals surface area contributed by atoms with Gasteiger partial charge < -0.3 is 4.79 Å². The second-order valence-corrected chi connectivity index (χ2v) is 2.72.